The number of carbonyl (C=O) groups is 1. The van der Waals surface area contributed by atoms with E-state index in [0.29, 0.717) is 12.2 Å². The number of rotatable bonds is 2. The lowest BCUT2D eigenvalue weighted by Crippen LogP contribution is -2.31. The normalized spacial score (nSPS) is 21.1. The van der Waals surface area contributed by atoms with Crippen molar-refractivity contribution in [3.8, 4) is 0 Å². The van der Waals surface area contributed by atoms with E-state index in [-0.39, 0.29) is 0 Å². The van der Waals surface area contributed by atoms with Gasteiger partial charge in [0, 0.05) is 30.8 Å². The highest BCUT2D eigenvalue weighted by Gasteiger charge is 2.23. The minimum absolute atomic E-state index is 0.321. The van der Waals surface area contributed by atoms with Gasteiger partial charge in [0.15, 0.2) is 5.78 Å². The Labute approximate surface area is 115 Å². The van der Waals surface area contributed by atoms with Crippen LogP contribution in [0.3, 0.4) is 0 Å². The first-order valence-corrected chi connectivity index (χ1v) is 7.72. The average molecular weight is 257 g/mol. The monoisotopic (exact) mass is 257 g/mol. The largest absolute Gasteiger partial charge is 0.371 e. The first kappa shape index (κ1) is 12.7. The molecule has 2 heteroatoms. The first-order chi connectivity index (χ1) is 9.34. The first-order valence-electron chi connectivity index (χ1n) is 7.72. The summed E-state index contributed by atoms with van der Waals surface area (Å²) in [5.74, 6) is 1.15. The third-order valence-electron chi connectivity index (χ3n) is 4.58. The molecule has 0 saturated heterocycles. The summed E-state index contributed by atoms with van der Waals surface area (Å²) in [4.78, 5) is 14.6. The molecule has 0 bridgehead atoms. The lowest BCUT2D eigenvalue weighted by atomic mass is 9.88. The molecule has 0 unspecified atom stereocenters. The number of ketones is 1. The quantitative estimate of drug-likeness (QED) is 0.796. The van der Waals surface area contributed by atoms with Crippen molar-refractivity contribution in [1.82, 2.24) is 0 Å². The highest BCUT2D eigenvalue weighted by Crippen LogP contribution is 2.30. The molecule has 102 valence electrons. The second kappa shape index (κ2) is 5.77. The van der Waals surface area contributed by atoms with Gasteiger partial charge in [-0.1, -0.05) is 31.4 Å². The van der Waals surface area contributed by atoms with Crippen LogP contribution in [0.1, 0.15) is 55.3 Å². The highest BCUT2D eigenvalue weighted by molar-refractivity contribution is 6.01. The molecule has 0 N–H and O–H groups in total. The van der Waals surface area contributed by atoms with Crippen LogP contribution in [0.25, 0.3) is 0 Å². The van der Waals surface area contributed by atoms with Gasteiger partial charge in [0.25, 0.3) is 0 Å². The second-order valence-electron chi connectivity index (χ2n) is 5.99. The topological polar surface area (TPSA) is 20.3 Å². The third-order valence-corrected chi connectivity index (χ3v) is 4.58. The predicted octanol–water partition coefficient (Wildman–Crippen LogP) is 4.05. The summed E-state index contributed by atoms with van der Waals surface area (Å²) in [6, 6.07) is 8.17. The number of benzene rings is 1. The summed E-state index contributed by atoms with van der Waals surface area (Å²) >= 11 is 0. The molecule has 19 heavy (non-hydrogen) atoms. The Hall–Kier alpha value is -1.31. The Morgan fingerprint density at radius 1 is 1.05 bits per heavy atom. The van der Waals surface area contributed by atoms with Gasteiger partial charge in [0.1, 0.15) is 0 Å². The minimum atomic E-state index is 0.321. The number of para-hydroxylation sites is 1. The van der Waals surface area contributed by atoms with Crippen molar-refractivity contribution in [2.45, 2.75) is 44.9 Å². The maximum absolute atomic E-state index is 12.1. The van der Waals surface area contributed by atoms with Gasteiger partial charge in [0.05, 0.1) is 0 Å². The molecule has 1 aromatic rings. The molecule has 0 amide bonds. The molecule has 2 aliphatic rings. The van der Waals surface area contributed by atoms with Crippen LogP contribution in [0, 0.1) is 5.92 Å². The number of hydrogen-bond donors (Lipinski definition) is 0. The summed E-state index contributed by atoms with van der Waals surface area (Å²) in [5, 5.41) is 0. The van der Waals surface area contributed by atoms with Crippen molar-refractivity contribution in [3.05, 3.63) is 29.8 Å². The van der Waals surface area contributed by atoms with Gasteiger partial charge in [-0.2, -0.15) is 0 Å². The van der Waals surface area contributed by atoms with E-state index >= 15 is 0 Å². The van der Waals surface area contributed by atoms with Crippen molar-refractivity contribution in [3.63, 3.8) is 0 Å². The van der Waals surface area contributed by atoms with Crippen molar-refractivity contribution in [2.24, 2.45) is 5.92 Å². The van der Waals surface area contributed by atoms with E-state index in [1.165, 1.54) is 37.8 Å². The summed E-state index contributed by atoms with van der Waals surface area (Å²) in [6.07, 6.45) is 8.63. The van der Waals surface area contributed by atoms with Crippen molar-refractivity contribution >= 4 is 11.5 Å². The maximum Gasteiger partial charge on any atom is 0.165 e. The predicted molar refractivity (Wildman–Crippen MR) is 78.8 cm³/mol. The molecule has 1 heterocycles. The number of Topliss-reactive ketones (excluding diaryl/α,β-unsaturated/α-hetero) is 1. The molecule has 1 aliphatic carbocycles. The van der Waals surface area contributed by atoms with Crippen LogP contribution in [-0.4, -0.2) is 18.9 Å². The SMILES string of the molecule is O=C1CCCN(CC2CCCCC2)c2ccccc21. The molecule has 3 rings (SSSR count). The fourth-order valence-corrected chi connectivity index (χ4v) is 3.54. The summed E-state index contributed by atoms with van der Waals surface area (Å²) < 4.78 is 0. The number of anilines is 1. The van der Waals surface area contributed by atoms with E-state index in [1.807, 2.05) is 12.1 Å². The van der Waals surface area contributed by atoms with E-state index in [4.69, 9.17) is 0 Å². The van der Waals surface area contributed by atoms with Crippen LogP contribution >= 0.6 is 0 Å². The number of fused-ring (bicyclic) bond motifs is 1. The van der Waals surface area contributed by atoms with Gasteiger partial charge in [-0.05, 0) is 37.3 Å². The molecule has 1 aliphatic heterocycles. The standard InChI is InChI=1S/C17H23NO/c19-17-11-6-12-18(13-14-7-2-1-3-8-14)16-10-5-4-9-15(16)17/h4-5,9-10,14H,1-3,6-8,11-13H2. The van der Waals surface area contributed by atoms with Crippen LogP contribution in [0.4, 0.5) is 5.69 Å². The Morgan fingerprint density at radius 3 is 2.68 bits per heavy atom. The zero-order valence-electron chi connectivity index (χ0n) is 11.6. The van der Waals surface area contributed by atoms with Crippen LogP contribution in [-0.2, 0) is 0 Å². The highest BCUT2D eigenvalue weighted by atomic mass is 16.1. The zero-order valence-corrected chi connectivity index (χ0v) is 11.6. The molecule has 0 aromatic heterocycles. The lowest BCUT2D eigenvalue weighted by molar-refractivity contribution is 0.0984. The van der Waals surface area contributed by atoms with E-state index in [2.05, 4.69) is 17.0 Å². The van der Waals surface area contributed by atoms with Gasteiger partial charge >= 0.3 is 0 Å². The Balaban J connectivity index is 1.80. The van der Waals surface area contributed by atoms with Crippen molar-refractivity contribution < 1.29 is 4.79 Å². The average Bonchev–Trinajstić information content (AvgIpc) is 2.61. The van der Waals surface area contributed by atoms with Gasteiger partial charge < -0.3 is 4.90 Å². The number of hydrogen-bond acceptors (Lipinski definition) is 2. The molecule has 1 saturated carbocycles. The molecule has 1 fully saturated rings. The summed E-state index contributed by atoms with van der Waals surface area (Å²) in [7, 11) is 0. The maximum atomic E-state index is 12.1. The Morgan fingerprint density at radius 2 is 1.84 bits per heavy atom. The van der Waals surface area contributed by atoms with E-state index in [0.717, 1.165) is 31.0 Å². The number of carbonyl (C=O) groups excluding carboxylic acids is 1. The smallest absolute Gasteiger partial charge is 0.165 e. The lowest BCUT2D eigenvalue weighted by Gasteiger charge is -2.31. The van der Waals surface area contributed by atoms with Gasteiger partial charge in [-0.25, -0.2) is 0 Å². The van der Waals surface area contributed by atoms with Crippen LogP contribution < -0.4 is 4.90 Å². The van der Waals surface area contributed by atoms with Crippen molar-refractivity contribution in [1.29, 1.82) is 0 Å². The van der Waals surface area contributed by atoms with Gasteiger partial charge in [-0.3, -0.25) is 4.79 Å². The van der Waals surface area contributed by atoms with Crippen molar-refractivity contribution in [2.75, 3.05) is 18.0 Å². The third kappa shape index (κ3) is 2.83. The molecular weight excluding hydrogens is 234 g/mol. The summed E-state index contributed by atoms with van der Waals surface area (Å²) in [6.45, 7) is 2.18. The fourth-order valence-electron chi connectivity index (χ4n) is 3.54. The molecule has 0 atom stereocenters. The van der Waals surface area contributed by atoms with E-state index in [1.54, 1.807) is 0 Å². The molecule has 0 spiro atoms. The van der Waals surface area contributed by atoms with Gasteiger partial charge in [-0.15, -0.1) is 0 Å². The van der Waals surface area contributed by atoms with E-state index in [9.17, 15) is 4.79 Å². The zero-order chi connectivity index (χ0) is 13.1. The fraction of sp³-hybridized carbons (Fsp3) is 0.588. The molecule has 0 radical (unpaired) electrons. The minimum Gasteiger partial charge on any atom is -0.371 e. The summed E-state index contributed by atoms with van der Waals surface area (Å²) in [5.41, 5.74) is 2.12. The molecule has 2 nitrogen and oxygen atoms in total. The van der Waals surface area contributed by atoms with E-state index < -0.39 is 0 Å². The van der Waals surface area contributed by atoms with Crippen LogP contribution in [0.5, 0.6) is 0 Å². The Kier molecular flexibility index (Phi) is 3.86. The van der Waals surface area contributed by atoms with Gasteiger partial charge in [0.2, 0.25) is 0 Å². The Bertz CT molecular complexity index is 448. The second-order valence-corrected chi connectivity index (χ2v) is 5.99. The van der Waals surface area contributed by atoms with Crippen LogP contribution in [0.15, 0.2) is 24.3 Å². The molecular formula is C17H23NO. The van der Waals surface area contributed by atoms with Crippen LogP contribution in [0.2, 0.25) is 0 Å². The molecule has 1 aromatic carbocycles. The number of nitrogens with zero attached hydrogens (tertiary/aromatic N) is 1.